The zero-order chi connectivity index (χ0) is 45.8. The number of hydrogen-bond donors (Lipinski definition) is 0. The molecule has 0 heterocycles. The number of carbonyl (C=O) groups is 3. The van der Waals surface area contributed by atoms with Crippen molar-refractivity contribution in [3.63, 3.8) is 0 Å². The molecule has 0 saturated heterocycles. The van der Waals surface area contributed by atoms with Crippen molar-refractivity contribution in [1.82, 2.24) is 0 Å². The molecule has 0 amide bonds. The molecule has 0 fully saturated rings. The molecule has 0 aromatic carbocycles. The molecule has 0 aromatic heterocycles. The fraction of sp³-hybridized carbons (Fsp3) is 0.877. The summed E-state index contributed by atoms with van der Waals surface area (Å²) in [7, 11) is 0. The van der Waals surface area contributed by atoms with Gasteiger partial charge in [-0.3, -0.25) is 14.4 Å². The number of ether oxygens (including phenoxy) is 3. The lowest BCUT2D eigenvalue weighted by molar-refractivity contribution is -0.167. The summed E-state index contributed by atoms with van der Waals surface area (Å²) < 4.78 is 16.8. The topological polar surface area (TPSA) is 78.9 Å². The van der Waals surface area contributed by atoms with Crippen LogP contribution in [0.4, 0.5) is 0 Å². The van der Waals surface area contributed by atoms with Crippen LogP contribution >= 0.6 is 0 Å². The Morgan fingerprint density at radius 2 is 0.524 bits per heavy atom. The van der Waals surface area contributed by atoms with Crippen molar-refractivity contribution in [2.45, 2.75) is 309 Å². The molecule has 370 valence electrons. The Morgan fingerprint density at radius 1 is 0.302 bits per heavy atom. The van der Waals surface area contributed by atoms with Crippen LogP contribution in [0.2, 0.25) is 0 Å². The second-order valence-corrected chi connectivity index (χ2v) is 18.8. The van der Waals surface area contributed by atoms with Gasteiger partial charge < -0.3 is 14.2 Å². The van der Waals surface area contributed by atoms with Crippen LogP contribution in [-0.2, 0) is 28.6 Å². The third-order valence-corrected chi connectivity index (χ3v) is 12.4. The normalized spacial score (nSPS) is 12.1. The highest BCUT2D eigenvalue weighted by Crippen LogP contribution is 2.16. The molecule has 0 aliphatic heterocycles. The van der Waals surface area contributed by atoms with E-state index in [0.29, 0.717) is 19.3 Å². The monoisotopic (exact) mass is 887 g/mol. The number of rotatable bonds is 51. The second kappa shape index (κ2) is 52.5. The van der Waals surface area contributed by atoms with E-state index in [1.165, 1.54) is 193 Å². The number of carbonyl (C=O) groups excluding carboxylic acids is 3. The molecular weight excluding hydrogens is 781 g/mol. The molecule has 0 aliphatic rings. The number of unbranched alkanes of at least 4 members (excludes halogenated alkanes) is 36. The Balaban J connectivity index is 4.35. The molecule has 0 bridgehead atoms. The van der Waals surface area contributed by atoms with Gasteiger partial charge in [0.2, 0.25) is 0 Å². The average molecular weight is 887 g/mol. The summed E-state index contributed by atoms with van der Waals surface area (Å²) in [4.78, 5) is 38.0. The van der Waals surface area contributed by atoms with E-state index in [0.717, 1.165) is 70.6 Å². The van der Waals surface area contributed by atoms with Crippen LogP contribution in [-0.4, -0.2) is 37.2 Å². The van der Waals surface area contributed by atoms with Gasteiger partial charge in [0.1, 0.15) is 13.2 Å². The quantitative estimate of drug-likeness (QED) is 0.0262. The molecule has 0 aromatic rings. The maximum atomic E-state index is 12.8. The SMILES string of the molecule is CCCCCCCC/C=C\CCCCCCCCCC(=O)OCC(COC(=O)CCCCC/C=C\CCCCCCCC)OC(=O)CCCCCCCCCCCCCCCCC. The summed E-state index contributed by atoms with van der Waals surface area (Å²) in [6.45, 7) is 6.65. The Bertz CT molecular complexity index is 1020. The lowest BCUT2D eigenvalue weighted by atomic mass is 10.0. The van der Waals surface area contributed by atoms with Crippen LogP contribution in [0.1, 0.15) is 303 Å². The van der Waals surface area contributed by atoms with Gasteiger partial charge in [-0.25, -0.2) is 0 Å². The lowest BCUT2D eigenvalue weighted by Crippen LogP contribution is -2.30. The fourth-order valence-electron chi connectivity index (χ4n) is 8.20. The minimum atomic E-state index is -0.774. The summed E-state index contributed by atoms with van der Waals surface area (Å²) in [5, 5.41) is 0. The number of esters is 3. The van der Waals surface area contributed by atoms with Gasteiger partial charge in [-0.15, -0.1) is 0 Å². The van der Waals surface area contributed by atoms with Crippen LogP contribution in [0.5, 0.6) is 0 Å². The van der Waals surface area contributed by atoms with Crippen LogP contribution in [0, 0.1) is 0 Å². The van der Waals surface area contributed by atoms with E-state index < -0.39 is 6.10 Å². The van der Waals surface area contributed by atoms with Gasteiger partial charge in [0.25, 0.3) is 0 Å². The standard InChI is InChI=1S/C57H106O6/c1-4-7-10-13-16-19-22-25-27-28-30-32-35-38-41-44-47-50-56(59)62-53-54(52-61-55(58)49-46-43-40-37-34-31-24-21-18-15-12-9-6-3)63-57(60)51-48-45-42-39-36-33-29-26-23-20-17-14-11-8-5-2/h25,27,31,34,54H,4-24,26,28-30,32-33,35-53H2,1-3H3/b27-25-,34-31-. The Kier molecular flexibility index (Phi) is 50.8. The number of allylic oxidation sites excluding steroid dienone is 4. The van der Waals surface area contributed by atoms with Crippen molar-refractivity contribution < 1.29 is 28.6 Å². The molecule has 0 aliphatic carbocycles. The highest BCUT2D eigenvalue weighted by molar-refractivity contribution is 5.71. The zero-order valence-corrected chi connectivity index (χ0v) is 42.4. The van der Waals surface area contributed by atoms with E-state index in [9.17, 15) is 14.4 Å². The van der Waals surface area contributed by atoms with E-state index >= 15 is 0 Å². The summed E-state index contributed by atoms with van der Waals surface area (Å²) in [5.74, 6) is -0.877. The first kappa shape index (κ1) is 60.9. The van der Waals surface area contributed by atoms with Crippen LogP contribution in [0.3, 0.4) is 0 Å². The molecule has 1 atom stereocenters. The van der Waals surface area contributed by atoms with E-state index in [1.807, 2.05) is 0 Å². The Morgan fingerprint density at radius 3 is 0.810 bits per heavy atom. The maximum Gasteiger partial charge on any atom is 0.306 e. The molecule has 0 saturated carbocycles. The van der Waals surface area contributed by atoms with Crippen molar-refractivity contribution in [1.29, 1.82) is 0 Å². The van der Waals surface area contributed by atoms with Gasteiger partial charge in [0, 0.05) is 19.3 Å². The predicted molar refractivity (Wildman–Crippen MR) is 270 cm³/mol. The third-order valence-electron chi connectivity index (χ3n) is 12.4. The summed E-state index contributed by atoms with van der Waals surface area (Å²) in [6, 6.07) is 0. The molecular formula is C57H106O6. The molecule has 6 heteroatoms. The predicted octanol–water partition coefficient (Wildman–Crippen LogP) is 18.3. The first-order valence-corrected chi connectivity index (χ1v) is 27.8. The first-order chi connectivity index (χ1) is 31.0. The average Bonchev–Trinajstić information content (AvgIpc) is 3.28. The lowest BCUT2D eigenvalue weighted by Gasteiger charge is -2.18. The smallest absolute Gasteiger partial charge is 0.306 e. The van der Waals surface area contributed by atoms with Gasteiger partial charge in [-0.05, 0) is 70.6 Å². The molecule has 0 rings (SSSR count). The van der Waals surface area contributed by atoms with E-state index in [4.69, 9.17) is 14.2 Å². The molecule has 63 heavy (non-hydrogen) atoms. The highest BCUT2D eigenvalue weighted by atomic mass is 16.6. The largest absolute Gasteiger partial charge is 0.462 e. The molecule has 0 radical (unpaired) electrons. The second-order valence-electron chi connectivity index (χ2n) is 18.8. The van der Waals surface area contributed by atoms with Gasteiger partial charge >= 0.3 is 17.9 Å². The van der Waals surface area contributed by atoms with E-state index in [1.54, 1.807) is 0 Å². The third kappa shape index (κ3) is 50.7. The minimum Gasteiger partial charge on any atom is -0.462 e. The molecule has 0 spiro atoms. The van der Waals surface area contributed by atoms with Crippen LogP contribution in [0.25, 0.3) is 0 Å². The molecule has 1 unspecified atom stereocenters. The van der Waals surface area contributed by atoms with Crippen LogP contribution < -0.4 is 0 Å². The highest BCUT2D eigenvalue weighted by Gasteiger charge is 2.19. The first-order valence-electron chi connectivity index (χ1n) is 27.8. The summed E-state index contributed by atoms with van der Waals surface area (Å²) in [6.07, 6.45) is 60.2. The minimum absolute atomic E-state index is 0.0742. The molecule has 0 N–H and O–H groups in total. The van der Waals surface area contributed by atoms with Crippen molar-refractivity contribution in [3.8, 4) is 0 Å². The van der Waals surface area contributed by atoms with E-state index in [-0.39, 0.29) is 31.1 Å². The van der Waals surface area contributed by atoms with Gasteiger partial charge in [-0.1, -0.05) is 238 Å². The Hall–Kier alpha value is -2.11. The van der Waals surface area contributed by atoms with Crippen molar-refractivity contribution in [3.05, 3.63) is 24.3 Å². The zero-order valence-electron chi connectivity index (χ0n) is 42.4. The van der Waals surface area contributed by atoms with Gasteiger partial charge in [-0.2, -0.15) is 0 Å². The summed E-state index contributed by atoms with van der Waals surface area (Å²) in [5.41, 5.74) is 0. The number of hydrogen-bond acceptors (Lipinski definition) is 6. The fourth-order valence-corrected chi connectivity index (χ4v) is 8.20. The Labute approximate surface area is 392 Å². The van der Waals surface area contributed by atoms with Crippen LogP contribution in [0.15, 0.2) is 24.3 Å². The van der Waals surface area contributed by atoms with Crippen molar-refractivity contribution in [2.75, 3.05) is 13.2 Å². The van der Waals surface area contributed by atoms with E-state index in [2.05, 4.69) is 45.1 Å². The summed E-state index contributed by atoms with van der Waals surface area (Å²) >= 11 is 0. The van der Waals surface area contributed by atoms with Gasteiger partial charge in [0.15, 0.2) is 6.10 Å². The van der Waals surface area contributed by atoms with Crippen molar-refractivity contribution in [2.24, 2.45) is 0 Å². The molecule has 6 nitrogen and oxygen atoms in total. The van der Waals surface area contributed by atoms with Crippen molar-refractivity contribution >= 4 is 17.9 Å². The van der Waals surface area contributed by atoms with Gasteiger partial charge in [0.05, 0.1) is 0 Å². The maximum absolute atomic E-state index is 12.8.